The standard InChI is InChI=1S/C12H12BrN5O2/c1-20-10-3-2-8(6-15-10)17-12(19)9-4-7(13)5-16-11(9)18-14/h2-6H,14H2,1H3,(H,16,18)(H,17,19). The van der Waals surface area contributed by atoms with Crippen LogP contribution in [0.5, 0.6) is 5.88 Å². The lowest BCUT2D eigenvalue weighted by Crippen LogP contribution is -2.18. The van der Waals surface area contributed by atoms with E-state index in [-0.39, 0.29) is 11.7 Å². The first-order valence-corrected chi connectivity index (χ1v) is 6.37. The maximum atomic E-state index is 12.2. The molecule has 2 heterocycles. The van der Waals surface area contributed by atoms with Gasteiger partial charge in [-0.2, -0.15) is 0 Å². The highest BCUT2D eigenvalue weighted by Gasteiger charge is 2.13. The molecular formula is C12H12BrN5O2. The summed E-state index contributed by atoms with van der Waals surface area (Å²) in [6.45, 7) is 0. The minimum absolute atomic E-state index is 0.284. The number of hydrogen-bond donors (Lipinski definition) is 3. The van der Waals surface area contributed by atoms with Crippen molar-refractivity contribution in [1.82, 2.24) is 9.97 Å². The van der Waals surface area contributed by atoms with Crippen molar-refractivity contribution in [2.75, 3.05) is 17.9 Å². The first-order chi connectivity index (χ1) is 9.63. The number of hydrogen-bond acceptors (Lipinski definition) is 6. The molecule has 0 bridgehead atoms. The average molecular weight is 338 g/mol. The Bertz CT molecular complexity index is 618. The summed E-state index contributed by atoms with van der Waals surface area (Å²) in [5, 5.41) is 2.70. The van der Waals surface area contributed by atoms with Crippen LogP contribution in [0.4, 0.5) is 11.5 Å². The molecule has 0 atom stereocenters. The van der Waals surface area contributed by atoms with Crippen molar-refractivity contribution in [2.45, 2.75) is 0 Å². The van der Waals surface area contributed by atoms with Crippen LogP contribution < -0.4 is 21.3 Å². The Morgan fingerprint density at radius 3 is 2.75 bits per heavy atom. The Labute approximate surface area is 123 Å². The second-order valence-corrected chi connectivity index (χ2v) is 4.65. The lowest BCUT2D eigenvalue weighted by Gasteiger charge is -2.09. The number of pyridine rings is 2. The van der Waals surface area contributed by atoms with Gasteiger partial charge in [-0.3, -0.25) is 4.79 Å². The van der Waals surface area contributed by atoms with Gasteiger partial charge in [0.1, 0.15) is 0 Å². The molecule has 0 aliphatic heterocycles. The van der Waals surface area contributed by atoms with Crippen molar-refractivity contribution in [3.8, 4) is 5.88 Å². The van der Waals surface area contributed by atoms with Gasteiger partial charge in [-0.1, -0.05) is 0 Å². The SMILES string of the molecule is COc1ccc(NC(=O)c2cc(Br)cnc2NN)cn1. The highest BCUT2D eigenvalue weighted by atomic mass is 79.9. The van der Waals surface area contributed by atoms with Crippen LogP contribution in [0.3, 0.4) is 0 Å². The van der Waals surface area contributed by atoms with Crippen LogP contribution in [-0.2, 0) is 0 Å². The second kappa shape index (κ2) is 6.31. The van der Waals surface area contributed by atoms with Crippen LogP contribution in [0.2, 0.25) is 0 Å². The first kappa shape index (κ1) is 14.2. The number of carbonyl (C=O) groups excluding carboxylic acids is 1. The van der Waals surface area contributed by atoms with E-state index in [0.717, 1.165) is 0 Å². The van der Waals surface area contributed by atoms with Gasteiger partial charge in [-0.25, -0.2) is 15.8 Å². The van der Waals surface area contributed by atoms with Crippen molar-refractivity contribution >= 4 is 33.3 Å². The van der Waals surface area contributed by atoms with Crippen LogP contribution in [0.1, 0.15) is 10.4 Å². The molecule has 0 aliphatic rings. The predicted octanol–water partition coefficient (Wildman–Crippen LogP) is 1.79. The fourth-order valence-corrected chi connectivity index (χ4v) is 1.83. The van der Waals surface area contributed by atoms with Crippen molar-refractivity contribution in [3.05, 3.63) is 40.6 Å². The molecule has 0 unspecified atom stereocenters. The van der Waals surface area contributed by atoms with Crippen LogP contribution in [0, 0.1) is 0 Å². The van der Waals surface area contributed by atoms with E-state index in [1.165, 1.54) is 13.3 Å². The van der Waals surface area contributed by atoms with Gasteiger partial charge in [-0.05, 0) is 28.1 Å². The molecule has 104 valence electrons. The summed E-state index contributed by atoms with van der Waals surface area (Å²) in [6, 6.07) is 4.95. The van der Waals surface area contributed by atoms with Crippen molar-refractivity contribution in [3.63, 3.8) is 0 Å². The molecule has 20 heavy (non-hydrogen) atoms. The topological polar surface area (TPSA) is 102 Å². The molecule has 2 aromatic rings. The molecule has 0 saturated heterocycles. The van der Waals surface area contributed by atoms with Gasteiger partial charge in [0, 0.05) is 16.7 Å². The number of nitrogens with two attached hydrogens (primary N) is 1. The summed E-state index contributed by atoms with van der Waals surface area (Å²) in [5.41, 5.74) is 3.24. The molecule has 0 radical (unpaired) electrons. The zero-order valence-electron chi connectivity index (χ0n) is 10.6. The molecule has 0 spiro atoms. The second-order valence-electron chi connectivity index (χ2n) is 3.74. The van der Waals surface area contributed by atoms with Gasteiger partial charge in [-0.15, -0.1) is 0 Å². The van der Waals surface area contributed by atoms with Crippen LogP contribution >= 0.6 is 15.9 Å². The smallest absolute Gasteiger partial charge is 0.259 e. The lowest BCUT2D eigenvalue weighted by molar-refractivity contribution is 0.102. The first-order valence-electron chi connectivity index (χ1n) is 5.57. The largest absolute Gasteiger partial charge is 0.481 e. The van der Waals surface area contributed by atoms with E-state index in [1.54, 1.807) is 24.4 Å². The Kier molecular flexibility index (Phi) is 4.49. The highest BCUT2D eigenvalue weighted by Crippen LogP contribution is 2.19. The summed E-state index contributed by atoms with van der Waals surface area (Å²) in [6.07, 6.45) is 3.04. The monoisotopic (exact) mass is 337 g/mol. The van der Waals surface area contributed by atoms with Gasteiger partial charge in [0.2, 0.25) is 5.88 Å². The number of aromatic nitrogens is 2. The van der Waals surface area contributed by atoms with Gasteiger partial charge in [0.25, 0.3) is 5.91 Å². The van der Waals surface area contributed by atoms with Crippen molar-refractivity contribution in [1.29, 1.82) is 0 Å². The Balaban J connectivity index is 2.20. The number of amides is 1. The van der Waals surface area contributed by atoms with Gasteiger partial charge in [0.05, 0.1) is 24.6 Å². The molecule has 8 heteroatoms. The molecule has 0 saturated carbocycles. The molecular weight excluding hydrogens is 326 g/mol. The Hall–Kier alpha value is -2.19. The maximum absolute atomic E-state index is 12.2. The molecule has 2 rings (SSSR count). The molecule has 0 aliphatic carbocycles. The molecule has 7 nitrogen and oxygen atoms in total. The number of nitrogens with one attached hydrogen (secondary N) is 2. The number of methoxy groups -OCH3 is 1. The Morgan fingerprint density at radius 1 is 1.35 bits per heavy atom. The van der Waals surface area contributed by atoms with E-state index in [4.69, 9.17) is 10.6 Å². The van der Waals surface area contributed by atoms with E-state index in [9.17, 15) is 4.79 Å². The molecule has 0 aromatic carbocycles. The summed E-state index contributed by atoms with van der Waals surface area (Å²) in [7, 11) is 1.52. The van der Waals surface area contributed by atoms with E-state index < -0.39 is 0 Å². The minimum Gasteiger partial charge on any atom is -0.481 e. The van der Waals surface area contributed by atoms with Crippen LogP contribution in [0.15, 0.2) is 35.1 Å². The normalized spacial score (nSPS) is 9.95. The third kappa shape index (κ3) is 3.22. The third-order valence-electron chi connectivity index (χ3n) is 2.44. The molecule has 0 fully saturated rings. The number of halogens is 1. The number of rotatable bonds is 4. The van der Waals surface area contributed by atoms with Crippen LogP contribution in [0.25, 0.3) is 0 Å². The summed E-state index contributed by atoms with van der Waals surface area (Å²) >= 11 is 3.26. The highest BCUT2D eigenvalue weighted by molar-refractivity contribution is 9.10. The maximum Gasteiger partial charge on any atom is 0.259 e. The summed E-state index contributed by atoms with van der Waals surface area (Å²) < 4.78 is 5.62. The van der Waals surface area contributed by atoms with E-state index in [2.05, 4.69) is 36.6 Å². The number of ether oxygens (including phenoxy) is 1. The number of hydrazine groups is 1. The number of anilines is 2. The lowest BCUT2D eigenvalue weighted by atomic mass is 10.2. The molecule has 2 aromatic heterocycles. The number of carbonyl (C=O) groups is 1. The number of nitrogen functional groups attached to an aromatic ring is 1. The average Bonchev–Trinajstić information content (AvgIpc) is 2.48. The number of nitrogens with zero attached hydrogens (tertiary/aromatic N) is 2. The van der Waals surface area contributed by atoms with E-state index in [1.807, 2.05) is 0 Å². The fraction of sp³-hybridized carbons (Fsp3) is 0.0833. The predicted molar refractivity (Wildman–Crippen MR) is 78.5 cm³/mol. The van der Waals surface area contributed by atoms with E-state index in [0.29, 0.717) is 21.6 Å². The summed E-state index contributed by atoms with van der Waals surface area (Å²) in [5.74, 6) is 5.74. The van der Waals surface area contributed by atoms with Crippen LogP contribution in [-0.4, -0.2) is 23.0 Å². The fourth-order valence-electron chi connectivity index (χ4n) is 1.50. The van der Waals surface area contributed by atoms with Crippen molar-refractivity contribution < 1.29 is 9.53 Å². The Morgan fingerprint density at radius 2 is 2.15 bits per heavy atom. The molecule has 1 amide bonds. The zero-order chi connectivity index (χ0) is 14.5. The molecule has 4 N–H and O–H groups in total. The van der Waals surface area contributed by atoms with Crippen molar-refractivity contribution in [2.24, 2.45) is 5.84 Å². The zero-order valence-corrected chi connectivity index (χ0v) is 12.1. The van der Waals surface area contributed by atoms with Gasteiger partial charge in [0.15, 0.2) is 5.82 Å². The quantitative estimate of drug-likeness (QED) is 0.580. The third-order valence-corrected chi connectivity index (χ3v) is 2.87. The van der Waals surface area contributed by atoms with E-state index >= 15 is 0 Å². The van der Waals surface area contributed by atoms with Gasteiger partial charge >= 0.3 is 0 Å². The minimum atomic E-state index is -0.348. The van der Waals surface area contributed by atoms with Gasteiger partial charge < -0.3 is 15.5 Å². The summed E-state index contributed by atoms with van der Waals surface area (Å²) in [4.78, 5) is 20.2.